The molecule has 1 saturated heterocycles. The van der Waals surface area contributed by atoms with Gasteiger partial charge in [0.05, 0.1) is 7.11 Å². The first-order valence-electron chi connectivity index (χ1n) is 7.63. The molecule has 0 aromatic heterocycles. The van der Waals surface area contributed by atoms with Crippen LogP contribution in [0.4, 0.5) is 0 Å². The molecule has 0 aromatic rings. The monoisotopic (exact) mass is 284 g/mol. The number of ether oxygens (including phenoxy) is 1. The molecule has 2 N–H and O–H groups in total. The first kappa shape index (κ1) is 17.0. The molecule has 116 valence electrons. The predicted octanol–water partition coefficient (Wildman–Crippen LogP) is 1.61. The van der Waals surface area contributed by atoms with E-state index in [4.69, 9.17) is 4.74 Å². The van der Waals surface area contributed by atoms with Crippen molar-refractivity contribution in [1.82, 2.24) is 10.6 Å². The van der Waals surface area contributed by atoms with E-state index in [1.54, 1.807) is 0 Å². The van der Waals surface area contributed by atoms with E-state index in [9.17, 15) is 9.59 Å². The lowest BCUT2D eigenvalue weighted by Crippen LogP contribution is -2.43. The molecule has 0 radical (unpaired) electrons. The Bertz CT molecular complexity index is 312. The molecule has 1 fully saturated rings. The van der Waals surface area contributed by atoms with Crippen LogP contribution < -0.4 is 10.6 Å². The minimum atomic E-state index is -0.521. The molecular weight excluding hydrogens is 256 g/mol. The van der Waals surface area contributed by atoms with Crippen LogP contribution in [0.25, 0.3) is 0 Å². The van der Waals surface area contributed by atoms with Crippen molar-refractivity contribution in [3.63, 3.8) is 0 Å². The Kier molecular flexibility index (Phi) is 7.59. The van der Waals surface area contributed by atoms with Gasteiger partial charge in [-0.1, -0.05) is 20.3 Å². The van der Waals surface area contributed by atoms with Crippen LogP contribution in [0.15, 0.2) is 0 Å². The Morgan fingerprint density at radius 2 is 2.10 bits per heavy atom. The third kappa shape index (κ3) is 6.37. The molecule has 5 heteroatoms. The maximum Gasteiger partial charge on any atom is 0.328 e. The molecule has 0 bridgehead atoms. The van der Waals surface area contributed by atoms with E-state index in [-0.39, 0.29) is 11.9 Å². The molecule has 0 aromatic carbocycles. The quantitative estimate of drug-likeness (QED) is 0.697. The second-order valence-electron chi connectivity index (χ2n) is 5.96. The average Bonchev–Trinajstić information content (AvgIpc) is 2.44. The van der Waals surface area contributed by atoms with Crippen LogP contribution in [0.3, 0.4) is 0 Å². The summed E-state index contributed by atoms with van der Waals surface area (Å²) in [6, 6.07) is -0.0806. The number of rotatable bonds is 7. The highest BCUT2D eigenvalue weighted by Crippen LogP contribution is 2.12. The molecule has 0 spiro atoms. The van der Waals surface area contributed by atoms with E-state index in [1.165, 1.54) is 20.0 Å². The standard InChI is InChI=1S/C15H28N2O3/c1-11(2)10-13(15(19)20-3)17-14(18)8-7-12-6-4-5-9-16-12/h11-13,16H,4-10H2,1-3H3,(H,17,18)/t12?,13-/m0/s1. The first-order valence-corrected chi connectivity index (χ1v) is 7.63. The number of hydrogen-bond acceptors (Lipinski definition) is 4. The maximum absolute atomic E-state index is 12.0. The topological polar surface area (TPSA) is 67.4 Å². The Balaban J connectivity index is 2.34. The Labute approximate surface area is 121 Å². The average molecular weight is 284 g/mol. The maximum atomic E-state index is 12.0. The van der Waals surface area contributed by atoms with Gasteiger partial charge in [0.15, 0.2) is 0 Å². The second kappa shape index (κ2) is 8.95. The van der Waals surface area contributed by atoms with Crippen LogP contribution >= 0.6 is 0 Å². The Morgan fingerprint density at radius 1 is 1.35 bits per heavy atom. The zero-order chi connectivity index (χ0) is 15.0. The van der Waals surface area contributed by atoms with Gasteiger partial charge in [-0.05, 0) is 38.1 Å². The van der Waals surface area contributed by atoms with E-state index in [0.29, 0.717) is 24.8 Å². The third-order valence-corrected chi connectivity index (χ3v) is 3.66. The molecule has 1 aliphatic rings. The van der Waals surface area contributed by atoms with E-state index in [2.05, 4.69) is 10.6 Å². The van der Waals surface area contributed by atoms with Crippen LogP contribution in [0, 0.1) is 5.92 Å². The Morgan fingerprint density at radius 3 is 2.65 bits per heavy atom. The van der Waals surface area contributed by atoms with Crippen LogP contribution in [0.2, 0.25) is 0 Å². The van der Waals surface area contributed by atoms with E-state index >= 15 is 0 Å². The van der Waals surface area contributed by atoms with Gasteiger partial charge >= 0.3 is 5.97 Å². The molecule has 1 rings (SSSR count). The normalized spacial score (nSPS) is 20.5. The number of carbonyl (C=O) groups excluding carboxylic acids is 2. The molecular formula is C15H28N2O3. The van der Waals surface area contributed by atoms with Gasteiger partial charge in [0.1, 0.15) is 6.04 Å². The molecule has 0 aliphatic carbocycles. The van der Waals surface area contributed by atoms with Gasteiger partial charge in [0, 0.05) is 12.5 Å². The van der Waals surface area contributed by atoms with Crippen molar-refractivity contribution < 1.29 is 14.3 Å². The number of piperidine rings is 1. The van der Waals surface area contributed by atoms with E-state index < -0.39 is 6.04 Å². The number of carbonyl (C=O) groups is 2. The molecule has 1 unspecified atom stereocenters. The summed E-state index contributed by atoms with van der Waals surface area (Å²) in [5.74, 6) is -0.0873. The fourth-order valence-electron chi connectivity index (χ4n) is 2.57. The lowest BCUT2D eigenvalue weighted by molar-refractivity contribution is -0.145. The van der Waals surface area contributed by atoms with Gasteiger partial charge in [-0.3, -0.25) is 4.79 Å². The zero-order valence-corrected chi connectivity index (χ0v) is 12.9. The number of esters is 1. The number of hydrogen-bond donors (Lipinski definition) is 2. The summed E-state index contributed by atoms with van der Waals surface area (Å²) >= 11 is 0. The molecule has 1 amide bonds. The van der Waals surface area contributed by atoms with Crippen LogP contribution in [0.5, 0.6) is 0 Å². The predicted molar refractivity (Wildman–Crippen MR) is 78.3 cm³/mol. The van der Waals surface area contributed by atoms with Crippen LogP contribution in [0.1, 0.15) is 52.4 Å². The minimum absolute atomic E-state index is 0.0616. The lowest BCUT2D eigenvalue weighted by Gasteiger charge is -2.23. The van der Waals surface area contributed by atoms with Crippen molar-refractivity contribution >= 4 is 11.9 Å². The number of methoxy groups -OCH3 is 1. The summed E-state index contributed by atoms with van der Waals surface area (Å²) in [6.45, 7) is 5.09. The Hall–Kier alpha value is -1.10. The zero-order valence-electron chi connectivity index (χ0n) is 12.9. The van der Waals surface area contributed by atoms with E-state index in [1.807, 2.05) is 13.8 Å². The summed E-state index contributed by atoms with van der Waals surface area (Å²) in [5.41, 5.74) is 0. The fraction of sp³-hybridized carbons (Fsp3) is 0.867. The molecule has 0 saturated carbocycles. The lowest BCUT2D eigenvalue weighted by atomic mass is 10.00. The summed E-state index contributed by atoms with van der Waals surface area (Å²) in [4.78, 5) is 23.6. The first-order chi connectivity index (χ1) is 9.52. The van der Waals surface area contributed by atoms with Gasteiger partial charge in [-0.25, -0.2) is 4.79 Å². The van der Waals surface area contributed by atoms with Gasteiger partial charge in [0.25, 0.3) is 0 Å². The van der Waals surface area contributed by atoms with Gasteiger partial charge < -0.3 is 15.4 Å². The molecule has 1 aliphatic heterocycles. The van der Waals surface area contributed by atoms with Gasteiger partial charge in [0.2, 0.25) is 5.91 Å². The smallest absolute Gasteiger partial charge is 0.328 e. The van der Waals surface area contributed by atoms with Crippen molar-refractivity contribution in [2.75, 3.05) is 13.7 Å². The number of amides is 1. The SMILES string of the molecule is COC(=O)[C@H](CC(C)C)NC(=O)CCC1CCCCN1. The highest BCUT2D eigenvalue weighted by Gasteiger charge is 2.23. The largest absolute Gasteiger partial charge is 0.467 e. The number of nitrogens with one attached hydrogen (secondary N) is 2. The summed E-state index contributed by atoms with van der Waals surface area (Å²) in [6.07, 6.45) is 5.50. The third-order valence-electron chi connectivity index (χ3n) is 3.66. The fourth-order valence-corrected chi connectivity index (χ4v) is 2.57. The molecule has 1 heterocycles. The minimum Gasteiger partial charge on any atom is -0.467 e. The summed E-state index contributed by atoms with van der Waals surface area (Å²) in [7, 11) is 1.35. The van der Waals surface area contributed by atoms with Gasteiger partial charge in [-0.15, -0.1) is 0 Å². The highest BCUT2D eigenvalue weighted by molar-refractivity contribution is 5.84. The van der Waals surface area contributed by atoms with Crippen molar-refractivity contribution in [3.8, 4) is 0 Å². The summed E-state index contributed by atoms with van der Waals surface area (Å²) in [5, 5.41) is 6.22. The molecule has 2 atom stereocenters. The van der Waals surface area contributed by atoms with Gasteiger partial charge in [-0.2, -0.15) is 0 Å². The van der Waals surface area contributed by atoms with Crippen molar-refractivity contribution in [3.05, 3.63) is 0 Å². The highest BCUT2D eigenvalue weighted by atomic mass is 16.5. The molecule has 20 heavy (non-hydrogen) atoms. The van der Waals surface area contributed by atoms with Crippen LogP contribution in [-0.4, -0.2) is 37.6 Å². The molecule has 5 nitrogen and oxygen atoms in total. The van der Waals surface area contributed by atoms with Crippen LogP contribution in [-0.2, 0) is 14.3 Å². The van der Waals surface area contributed by atoms with Crippen molar-refractivity contribution in [2.24, 2.45) is 5.92 Å². The van der Waals surface area contributed by atoms with Crippen molar-refractivity contribution in [1.29, 1.82) is 0 Å². The summed E-state index contributed by atoms with van der Waals surface area (Å²) < 4.78 is 4.74. The van der Waals surface area contributed by atoms with E-state index in [0.717, 1.165) is 19.4 Å². The van der Waals surface area contributed by atoms with Crippen molar-refractivity contribution in [2.45, 2.75) is 64.5 Å². The second-order valence-corrected chi connectivity index (χ2v) is 5.96.